The Balaban J connectivity index is 1.58. The van der Waals surface area contributed by atoms with Gasteiger partial charge in [-0.05, 0) is 18.2 Å². The molecular weight excluding hydrogens is 362 g/mol. The van der Waals surface area contributed by atoms with Gasteiger partial charge in [0.2, 0.25) is 0 Å². The molecule has 0 aliphatic carbocycles. The summed E-state index contributed by atoms with van der Waals surface area (Å²) in [6.07, 6.45) is 4.34. The minimum Gasteiger partial charge on any atom is -0.464 e. The highest BCUT2D eigenvalue weighted by molar-refractivity contribution is 6.31. The molecule has 1 aliphatic rings. The SMILES string of the molecule is CC(C)(C)c1ncc2c(n1)CCN(Cc1coc3ccc(Cl)cc3c1=O)C2. The minimum absolute atomic E-state index is 0.0242. The van der Waals surface area contributed by atoms with E-state index in [1.807, 2.05) is 6.20 Å². The zero-order valence-corrected chi connectivity index (χ0v) is 16.5. The van der Waals surface area contributed by atoms with Crippen LogP contribution in [0.3, 0.4) is 0 Å². The van der Waals surface area contributed by atoms with Crippen LogP contribution in [0.1, 0.15) is 43.4 Å². The average molecular weight is 384 g/mol. The number of benzene rings is 1. The first-order chi connectivity index (χ1) is 12.8. The monoisotopic (exact) mass is 383 g/mol. The van der Waals surface area contributed by atoms with Crippen molar-refractivity contribution >= 4 is 22.6 Å². The molecule has 1 aromatic carbocycles. The molecule has 0 saturated heterocycles. The van der Waals surface area contributed by atoms with Crippen LogP contribution in [0.2, 0.25) is 5.02 Å². The Labute approximate surface area is 163 Å². The van der Waals surface area contributed by atoms with E-state index in [9.17, 15) is 4.79 Å². The molecule has 3 aromatic rings. The molecule has 2 aromatic heterocycles. The molecule has 0 unspecified atom stereocenters. The second-order valence-corrected chi connectivity index (χ2v) is 8.54. The maximum Gasteiger partial charge on any atom is 0.197 e. The molecule has 0 atom stereocenters. The highest BCUT2D eigenvalue weighted by Gasteiger charge is 2.23. The van der Waals surface area contributed by atoms with Gasteiger partial charge in [-0.15, -0.1) is 0 Å². The molecule has 0 fully saturated rings. The van der Waals surface area contributed by atoms with Crippen molar-refractivity contribution in [3.63, 3.8) is 0 Å². The van der Waals surface area contributed by atoms with Crippen molar-refractivity contribution in [2.75, 3.05) is 6.54 Å². The number of halogens is 1. The predicted octanol–water partition coefficient (Wildman–Crippen LogP) is 4.09. The van der Waals surface area contributed by atoms with Gasteiger partial charge >= 0.3 is 0 Å². The first-order valence-corrected chi connectivity index (χ1v) is 9.46. The largest absolute Gasteiger partial charge is 0.464 e. The Morgan fingerprint density at radius 3 is 2.89 bits per heavy atom. The number of fused-ring (bicyclic) bond motifs is 2. The summed E-state index contributed by atoms with van der Waals surface area (Å²) in [5, 5.41) is 1.06. The second kappa shape index (κ2) is 6.73. The predicted molar refractivity (Wildman–Crippen MR) is 106 cm³/mol. The van der Waals surface area contributed by atoms with E-state index in [4.69, 9.17) is 21.0 Å². The lowest BCUT2D eigenvalue weighted by molar-refractivity contribution is 0.240. The van der Waals surface area contributed by atoms with Gasteiger partial charge in [-0.2, -0.15) is 0 Å². The molecule has 1 aliphatic heterocycles. The highest BCUT2D eigenvalue weighted by atomic mass is 35.5. The number of hydrogen-bond acceptors (Lipinski definition) is 5. The van der Waals surface area contributed by atoms with E-state index < -0.39 is 0 Å². The van der Waals surface area contributed by atoms with E-state index in [2.05, 4.69) is 30.7 Å². The van der Waals surface area contributed by atoms with Gasteiger partial charge in [-0.25, -0.2) is 9.97 Å². The maximum absolute atomic E-state index is 12.8. The minimum atomic E-state index is -0.0580. The topological polar surface area (TPSA) is 59.2 Å². The van der Waals surface area contributed by atoms with Crippen molar-refractivity contribution in [2.24, 2.45) is 0 Å². The summed E-state index contributed by atoms with van der Waals surface area (Å²) in [7, 11) is 0. The summed E-state index contributed by atoms with van der Waals surface area (Å²) in [5.41, 5.74) is 3.35. The lowest BCUT2D eigenvalue weighted by Gasteiger charge is -2.28. The van der Waals surface area contributed by atoms with Crippen LogP contribution < -0.4 is 5.43 Å². The third-order valence-electron chi connectivity index (χ3n) is 4.88. The Bertz CT molecular complexity index is 1070. The summed E-state index contributed by atoms with van der Waals surface area (Å²) in [6.45, 7) is 8.47. The molecule has 0 amide bonds. The van der Waals surface area contributed by atoms with Gasteiger partial charge in [0.1, 0.15) is 11.4 Å². The molecule has 5 nitrogen and oxygen atoms in total. The lowest BCUT2D eigenvalue weighted by Crippen LogP contribution is -2.33. The van der Waals surface area contributed by atoms with E-state index in [1.54, 1.807) is 24.5 Å². The van der Waals surface area contributed by atoms with Crippen LogP contribution in [0.25, 0.3) is 11.0 Å². The van der Waals surface area contributed by atoms with E-state index >= 15 is 0 Å². The molecule has 4 rings (SSSR count). The third kappa shape index (κ3) is 3.62. The zero-order valence-electron chi connectivity index (χ0n) is 15.8. The smallest absolute Gasteiger partial charge is 0.197 e. The maximum atomic E-state index is 12.8. The van der Waals surface area contributed by atoms with Gasteiger partial charge in [0.15, 0.2) is 5.43 Å². The normalized spacial score (nSPS) is 15.1. The second-order valence-electron chi connectivity index (χ2n) is 8.11. The molecule has 0 spiro atoms. The van der Waals surface area contributed by atoms with Crippen molar-refractivity contribution in [1.82, 2.24) is 14.9 Å². The van der Waals surface area contributed by atoms with Crippen LogP contribution in [-0.4, -0.2) is 21.4 Å². The van der Waals surface area contributed by atoms with Gasteiger partial charge in [-0.1, -0.05) is 32.4 Å². The van der Waals surface area contributed by atoms with Crippen LogP contribution >= 0.6 is 11.6 Å². The molecular formula is C21H22ClN3O2. The van der Waals surface area contributed by atoms with E-state index in [0.717, 1.165) is 36.6 Å². The summed E-state index contributed by atoms with van der Waals surface area (Å²) in [6, 6.07) is 5.11. The average Bonchev–Trinajstić information content (AvgIpc) is 2.63. The van der Waals surface area contributed by atoms with Gasteiger partial charge in [0.25, 0.3) is 0 Å². The summed E-state index contributed by atoms with van der Waals surface area (Å²) < 4.78 is 5.63. The number of rotatable bonds is 2. The van der Waals surface area contributed by atoms with Crippen molar-refractivity contribution in [1.29, 1.82) is 0 Å². The van der Waals surface area contributed by atoms with Crippen molar-refractivity contribution in [3.05, 3.63) is 68.6 Å². The fraction of sp³-hybridized carbons (Fsp3) is 0.381. The van der Waals surface area contributed by atoms with E-state index in [0.29, 0.717) is 28.1 Å². The lowest BCUT2D eigenvalue weighted by atomic mass is 9.95. The number of aromatic nitrogens is 2. The first-order valence-electron chi connectivity index (χ1n) is 9.09. The summed E-state index contributed by atoms with van der Waals surface area (Å²) in [5.74, 6) is 0.877. The molecule has 0 N–H and O–H groups in total. The van der Waals surface area contributed by atoms with Gasteiger partial charge in [0, 0.05) is 59.5 Å². The van der Waals surface area contributed by atoms with Gasteiger partial charge in [-0.3, -0.25) is 9.69 Å². The Morgan fingerprint density at radius 1 is 1.30 bits per heavy atom. The summed E-state index contributed by atoms with van der Waals surface area (Å²) in [4.78, 5) is 24.3. The molecule has 0 saturated carbocycles. The fourth-order valence-electron chi connectivity index (χ4n) is 3.36. The van der Waals surface area contributed by atoms with Crippen LogP contribution in [0.5, 0.6) is 0 Å². The van der Waals surface area contributed by atoms with E-state index in [1.165, 1.54) is 0 Å². The Morgan fingerprint density at radius 2 is 2.11 bits per heavy atom. The van der Waals surface area contributed by atoms with Gasteiger partial charge in [0.05, 0.1) is 11.6 Å². The summed E-state index contributed by atoms with van der Waals surface area (Å²) >= 11 is 6.03. The first kappa shape index (κ1) is 18.1. The molecule has 0 bridgehead atoms. The van der Waals surface area contributed by atoms with Crippen molar-refractivity contribution in [2.45, 2.75) is 45.7 Å². The molecule has 6 heteroatoms. The molecule has 3 heterocycles. The van der Waals surface area contributed by atoms with Crippen molar-refractivity contribution in [3.8, 4) is 0 Å². The standard InChI is InChI=1S/C21H22ClN3O2/c1-21(2,3)20-23-9-13-10-25(7-6-17(13)24-20)11-14-12-27-18-5-4-15(22)8-16(18)19(14)26/h4-5,8-9,12H,6-7,10-11H2,1-3H3. The fourth-order valence-corrected chi connectivity index (χ4v) is 3.54. The van der Waals surface area contributed by atoms with Crippen LogP contribution in [0, 0.1) is 0 Å². The molecule has 27 heavy (non-hydrogen) atoms. The van der Waals surface area contributed by atoms with Crippen LogP contribution in [-0.2, 0) is 24.9 Å². The Hall–Kier alpha value is -2.24. The van der Waals surface area contributed by atoms with Crippen LogP contribution in [0.4, 0.5) is 0 Å². The Kier molecular flexibility index (Phi) is 4.52. The zero-order chi connectivity index (χ0) is 19.2. The van der Waals surface area contributed by atoms with Crippen LogP contribution in [0.15, 0.2) is 39.9 Å². The van der Waals surface area contributed by atoms with E-state index in [-0.39, 0.29) is 10.8 Å². The van der Waals surface area contributed by atoms with Crippen molar-refractivity contribution < 1.29 is 4.42 Å². The molecule has 140 valence electrons. The number of hydrogen-bond donors (Lipinski definition) is 0. The van der Waals surface area contributed by atoms with Gasteiger partial charge < -0.3 is 4.42 Å². The quantitative estimate of drug-likeness (QED) is 0.667. The molecule has 0 radical (unpaired) electrons. The highest BCUT2D eigenvalue weighted by Crippen LogP contribution is 2.23. The number of nitrogens with zero attached hydrogens (tertiary/aromatic N) is 3. The third-order valence-corrected chi connectivity index (χ3v) is 5.12.